The summed E-state index contributed by atoms with van der Waals surface area (Å²) in [5, 5.41) is 9.43. The van der Waals surface area contributed by atoms with Gasteiger partial charge in [0.1, 0.15) is 17.6 Å². The van der Waals surface area contributed by atoms with Crippen LogP contribution in [0.3, 0.4) is 0 Å². The predicted octanol–water partition coefficient (Wildman–Crippen LogP) is 2.81. The van der Waals surface area contributed by atoms with Gasteiger partial charge in [-0.05, 0) is 42.4 Å². The number of piperazine rings is 1. The summed E-state index contributed by atoms with van der Waals surface area (Å²) in [4.78, 5) is 4.94. The number of fused-ring (bicyclic) bond motifs is 3. The quantitative estimate of drug-likeness (QED) is 0.925. The van der Waals surface area contributed by atoms with Gasteiger partial charge in [-0.2, -0.15) is 0 Å². The number of hydrogen-bond donors (Lipinski definition) is 1. The van der Waals surface area contributed by atoms with Gasteiger partial charge < -0.3 is 14.7 Å². The van der Waals surface area contributed by atoms with Gasteiger partial charge in [0.05, 0.1) is 0 Å². The minimum atomic E-state index is 0.0374. The fourth-order valence-corrected chi connectivity index (χ4v) is 3.68. The molecular formula is C19H22N2O2. The highest BCUT2D eigenvalue weighted by molar-refractivity contribution is 5.37. The Hall–Kier alpha value is -2.04. The van der Waals surface area contributed by atoms with E-state index in [-0.39, 0.29) is 11.9 Å². The first kappa shape index (κ1) is 14.5. The molecule has 0 aliphatic carbocycles. The summed E-state index contributed by atoms with van der Waals surface area (Å²) >= 11 is 0. The molecular weight excluding hydrogens is 288 g/mol. The van der Waals surface area contributed by atoms with Crippen LogP contribution in [0.25, 0.3) is 0 Å². The van der Waals surface area contributed by atoms with Crippen LogP contribution < -0.4 is 4.74 Å². The van der Waals surface area contributed by atoms with Crippen molar-refractivity contribution in [2.75, 3.05) is 33.2 Å². The van der Waals surface area contributed by atoms with E-state index in [4.69, 9.17) is 4.74 Å². The van der Waals surface area contributed by atoms with Gasteiger partial charge in [0.25, 0.3) is 0 Å². The zero-order valence-corrected chi connectivity index (χ0v) is 13.4. The summed E-state index contributed by atoms with van der Waals surface area (Å²) in [6, 6.07) is 16.1. The first-order valence-electron chi connectivity index (χ1n) is 8.18. The van der Waals surface area contributed by atoms with Crippen LogP contribution in [0.2, 0.25) is 0 Å². The average Bonchev–Trinajstić information content (AvgIpc) is 2.58. The van der Waals surface area contributed by atoms with Crippen LogP contribution in [0, 0.1) is 0 Å². The van der Waals surface area contributed by atoms with Crippen molar-refractivity contribution in [3.8, 4) is 11.5 Å². The van der Waals surface area contributed by atoms with Crippen molar-refractivity contribution in [3.05, 3.63) is 59.7 Å². The molecule has 1 saturated heterocycles. The highest BCUT2D eigenvalue weighted by Crippen LogP contribution is 2.38. The molecule has 0 amide bonds. The minimum absolute atomic E-state index is 0.0374. The summed E-state index contributed by atoms with van der Waals surface area (Å²) in [6.45, 7) is 4.16. The summed E-state index contributed by atoms with van der Waals surface area (Å²) in [5.74, 6) is 1.07. The Morgan fingerprint density at radius 1 is 0.957 bits per heavy atom. The molecule has 1 N–H and O–H groups in total. The SMILES string of the molecule is CN1CCN2C[C@@H](Oc3ccc(O)cc3)c3ccccc3[C@@H]2C1. The van der Waals surface area contributed by atoms with Crippen molar-refractivity contribution >= 4 is 0 Å². The van der Waals surface area contributed by atoms with Crippen molar-refractivity contribution in [2.24, 2.45) is 0 Å². The molecule has 2 aliphatic rings. The Bertz CT molecular complexity index is 686. The smallest absolute Gasteiger partial charge is 0.137 e. The van der Waals surface area contributed by atoms with Gasteiger partial charge in [-0.15, -0.1) is 0 Å². The van der Waals surface area contributed by atoms with Gasteiger partial charge in [-0.3, -0.25) is 4.90 Å². The lowest BCUT2D eigenvalue weighted by Crippen LogP contribution is -2.51. The number of likely N-dealkylation sites (N-methyl/N-ethyl adjacent to an activating group) is 1. The number of hydrogen-bond acceptors (Lipinski definition) is 4. The second-order valence-corrected chi connectivity index (χ2v) is 6.50. The monoisotopic (exact) mass is 310 g/mol. The van der Waals surface area contributed by atoms with Crippen LogP contribution in [-0.4, -0.2) is 48.1 Å². The topological polar surface area (TPSA) is 35.9 Å². The zero-order chi connectivity index (χ0) is 15.8. The minimum Gasteiger partial charge on any atom is -0.508 e. The van der Waals surface area contributed by atoms with E-state index in [1.807, 2.05) is 12.1 Å². The highest BCUT2D eigenvalue weighted by Gasteiger charge is 2.36. The average molecular weight is 310 g/mol. The van der Waals surface area contributed by atoms with Crippen molar-refractivity contribution in [3.63, 3.8) is 0 Å². The van der Waals surface area contributed by atoms with Crippen LogP contribution in [0.5, 0.6) is 11.5 Å². The molecule has 4 rings (SSSR count). The standard InChI is InChI=1S/C19H22N2O2/c1-20-10-11-21-13-19(23-15-8-6-14(22)7-9-15)17-5-3-2-4-16(17)18(21)12-20/h2-9,18-19,22H,10-13H2,1H3/t18-,19+/m0/s1. The molecule has 0 radical (unpaired) electrons. The molecule has 2 aromatic rings. The molecule has 1 fully saturated rings. The normalized spacial score (nSPS) is 24.7. The maximum absolute atomic E-state index is 9.43. The van der Waals surface area contributed by atoms with Crippen molar-refractivity contribution < 1.29 is 9.84 Å². The second-order valence-electron chi connectivity index (χ2n) is 6.50. The molecule has 0 unspecified atom stereocenters. The van der Waals surface area contributed by atoms with E-state index in [0.717, 1.165) is 31.9 Å². The Kier molecular flexibility index (Phi) is 3.71. The number of aromatic hydroxyl groups is 1. The summed E-state index contributed by atoms with van der Waals surface area (Å²) in [5.41, 5.74) is 2.67. The Morgan fingerprint density at radius 2 is 1.70 bits per heavy atom. The zero-order valence-electron chi connectivity index (χ0n) is 13.4. The van der Waals surface area contributed by atoms with Gasteiger partial charge in [-0.1, -0.05) is 24.3 Å². The lowest BCUT2D eigenvalue weighted by Gasteiger charge is -2.46. The van der Waals surface area contributed by atoms with Gasteiger partial charge in [-0.25, -0.2) is 0 Å². The fourth-order valence-electron chi connectivity index (χ4n) is 3.68. The Morgan fingerprint density at radius 3 is 2.48 bits per heavy atom. The van der Waals surface area contributed by atoms with E-state index in [1.54, 1.807) is 12.1 Å². The molecule has 2 heterocycles. The number of phenols is 1. The Labute approximate surface area is 136 Å². The second kappa shape index (κ2) is 5.87. The van der Waals surface area contributed by atoms with Gasteiger partial charge in [0, 0.05) is 32.2 Å². The fraction of sp³-hybridized carbons (Fsp3) is 0.368. The molecule has 0 aromatic heterocycles. The maximum Gasteiger partial charge on any atom is 0.137 e. The van der Waals surface area contributed by atoms with Gasteiger partial charge in [0.2, 0.25) is 0 Å². The first-order chi connectivity index (χ1) is 11.2. The molecule has 2 atom stereocenters. The van der Waals surface area contributed by atoms with Gasteiger partial charge in [0.15, 0.2) is 0 Å². The molecule has 0 spiro atoms. The Balaban J connectivity index is 1.65. The van der Waals surface area contributed by atoms with E-state index in [9.17, 15) is 5.11 Å². The van der Waals surface area contributed by atoms with E-state index in [0.29, 0.717) is 6.04 Å². The maximum atomic E-state index is 9.43. The van der Waals surface area contributed by atoms with Crippen LogP contribution in [0.15, 0.2) is 48.5 Å². The molecule has 0 saturated carbocycles. The molecule has 120 valence electrons. The lowest BCUT2D eigenvalue weighted by molar-refractivity contribution is 0.0322. The van der Waals surface area contributed by atoms with Crippen molar-refractivity contribution in [2.45, 2.75) is 12.1 Å². The summed E-state index contributed by atoms with van der Waals surface area (Å²) in [7, 11) is 2.19. The molecule has 2 aliphatic heterocycles. The molecule has 4 nitrogen and oxygen atoms in total. The van der Waals surface area contributed by atoms with Crippen LogP contribution in [0.4, 0.5) is 0 Å². The summed E-state index contributed by atoms with van der Waals surface area (Å²) < 4.78 is 6.25. The highest BCUT2D eigenvalue weighted by atomic mass is 16.5. The number of benzene rings is 2. The number of rotatable bonds is 2. The lowest BCUT2D eigenvalue weighted by atomic mass is 9.89. The van der Waals surface area contributed by atoms with E-state index in [2.05, 4.69) is 41.1 Å². The van der Waals surface area contributed by atoms with Crippen LogP contribution in [0.1, 0.15) is 23.3 Å². The number of nitrogens with zero attached hydrogens (tertiary/aromatic N) is 2. The van der Waals surface area contributed by atoms with Gasteiger partial charge >= 0.3 is 0 Å². The predicted molar refractivity (Wildman–Crippen MR) is 89.7 cm³/mol. The molecule has 0 bridgehead atoms. The third-order valence-electron chi connectivity index (χ3n) is 4.91. The molecule has 4 heteroatoms. The number of phenolic OH excluding ortho intramolecular Hbond substituents is 1. The third-order valence-corrected chi connectivity index (χ3v) is 4.91. The van der Waals surface area contributed by atoms with E-state index < -0.39 is 0 Å². The van der Waals surface area contributed by atoms with E-state index in [1.165, 1.54) is 11.1 Å². The van der Waals surface area contributed by atoms with Crippen molar-refractivity contribution in [1.29, 1.82) is 0 Å². The van der Waals surface area contributed by atoms with Crippen molar-refractivity contribution in [1.82, 2.24) is 9.80 Å². The molecule has 2 aromatic carbocycles. The van der Waals surface area contributed by atoms with E-state index >= 15 is 0 Å². The molecule has 23 heavy (non-hydrogen) atoms. The van der Waals surface area contributed by atoms with Crippen LogP contribution in [-0.2, 0) is 0 Å². The van der Waals surface area contributed by atoms with Crippen LogP contribution >= 0.6 is 0 Å². The largest absolute Gasteiger partial charge is 0.508 e. The summed E-state index contributed by atoms with van der Waals surface area (Å²) in [6.07, 6.45) is 0.0374. The third kappa shape index (κ3) is 2.80. The first-order valence-corrected chi connectivity index (χ1v) is 8.18. The number of ether oxygens (including phenoxy) is 1.